The third kappa shape index (κ3) is 3.12. The first-order valence-electron chi connectivity index (χ1n) is 9.89. The quantitative estimate of drug-likeness (QED) is 0.707. The van der Waals surface area contributed by atoms with Gasteiger partial charge in [0.2, 0.25) is 5.91 Å². The molecule has 4 fully saturated rings. The van der Waals surface area contributed by atoms with Crippen LogP contribution in [0.2, 0.25) is 0 Å². The van der Waals surface area contributed by atoms with Gasteiger partial charge in [-0.2, -0.15) is 0 Å². The van der Waals surface area contributed by atoms with Gasteiger partial charge < -0.3 is 14.8 Å². The first-order chi connectivity index (χ1) is 12.5. The number of fused-ring (bicyclic) bond motifs is 1. The highest BCUT2D eigenvalue weighted by Gasteiger charge is 2.57. The number of halogens is 1. The van der Waals surface area contributed by atoms with Crippen LogP contribution in [0.4, 0.5) is 5.69 Å². The van der Waals surface area contributed by atoms with Gasteiger partial charge >= 0.3 is 0 Å². The summed E-state index contributed by atoms with van der Waals surface area (Å²) in [5.74, 6) is 3.25. The van der Waals surface area contributed by atoms with E-state index in [4.69, 9.17) is 9.47 Å². The highest BCUT2D eigenvalue weighted by molar-refractivity contribution is 9.10. The van der Waals surface area contributed by atoms with E-state index in [2.05, 4.69) is 21.2 Å². The number of nitrogens with one attached hydrogen (secondary N) is 1. The fraction of sp³-hybridized carbons (Fsp3) is 0.667. The Labute approximate surface area is 163 Å². The number of alkyl halides is 1. The molecule has 5 aliphatic rings. The van der Waals surface area contributed by atoms with Crippen molar-refractivity contribution >= 4 is 27.5 Å². The molecule has 4 bridgehead atoms. The van der Waals surface area contributed by atoms with E-state index >= 15 is 0 Å². The second-order valence-electron chi connectivity index (χ2n) is 9.05. The van der Waals surface area contributed by atoms with Crippen molar-refractivity contribution in [2.45, 2.75) is 55.7 Å². The Morgan fingerprint density at radius 3 is 2.58 bits per heavy atom. The van der Waals surface area contributed by atoms with E-state index in [-0.39, 0.29) is 11.3 Å². The van der Waals surface area contributed by atoms with E-state index in [0.717, 1.165) is 41.9 Å². The molecule has 1 aromatic rings. The Bertz CT molecular complexity index is 720. The summed E-state index contributed by atoms with van der Waals surface area (Å²) in [4.78, 5) is 12.8. The molecule has 1 N–H and O–H groups in total. The number of anilines is 1. The monoisotopic (exact) mass is 419 g/mol. The molecule has 140 valence electrons. The number of ether oxygens (including phenoxy) is 2. The molecule has 2 atom stereocenters. The van der Waals surface area contributed by atoms with Gasteiger partial charge in [0, 0.05) is 28.9 Å². The topological polar surface area (TPSA) is 47.6 Å². The third-order valence-corrected chi connectivity index (χ3v) is 7.61. The number of hydrogen-bond donors (Lipinski definition) is 1. The van der Waals surface area contributed by atoms with Crippen molar-refractivity contribution in [2.24, 2.45) is 17.3 Å². The maximum atomic E-state index is 12.8. The summed E-state index contributed by atoms with van der Waals surface area (Å²) in [6.07, 6.45) is 9.11. The van der Waals surface area contributed by atoms with Gasteiger partial charge in [0.15, 0.2) is 11.5 Å². The second-order valence-corrected chi connectivity index (χ2v) is 10.7. The molecule has 0 saturated heterocycles. The lowest BCUT2D eigenvalue weighted by Gasteiger charge is -2.60. The molecule has 0 aromatic heterocycles. The van der Waals surface area contributed by atoms with Crippen molar-refractivity contribution in [3.05, 3.63) is 18.2 Å². The number of carbonyl (C=O) groups is 1. The lowest BCUT2D eigenvalue weighted by molar-refractivity contribution is -0.123. The normalized spacial score (nSPS) is 37.3. The van der Waals surface area contributed by atoms with Gasteiger partial charge in [0.25, 0.3) is 0 Å². The summed E-state index contributed by atoms with van der Waals surface area (Å²) in [6, 6.07) is 5.70. The summed E-state index contributed by atoms with van der Waals surface area (Å²) in [7, 11) is 0. The van der Waals surface area contributed by atoms with Gasteiger partial charge in [-0.15, -0.1) is 0 Å². The van der Waals surface area contributed by atoms with Crippen molar-refractivity contribution in [1.82, 2.24) is 0 Å². The third-order valence-electron chi connectivity index (χ3n) is 6.68. The van der Waals surface area contributed by atoms with Gasteiger partial charge in [0.05, 0.1) is 13.2 Å². The van der Waals surface area contributed by atoms with Crippen LogP contribution in [-0.2, 0) is 4.79 Å². The molecule has 1 amide bonds. The second kappa shape index (κ2) is 6.15. The molecule has 26 heavy (non-hydrogen) atoms. The lowest BCUT2D eigenvalue weighted by Crippen LogP contribution is -2.53. The van der Waals surface area contributed by atoms with E-state index in [9.17, 15) is 4.79 Å². The lowest BCUT2D eigenvalue weighted by atomic mass is 9.48. The van der Waals surface area contributed by atoms with Crippen LogP contribution in [0.5, 0.6) is 11.5 Å². The predicted octanol–water partition coefficient (Wildman–Crippen LogP) is 4.91. The van der Waals surface area contributed by atoms with Crippen molar-refractivity contribution < 1.29 is 14.3 Å². The molecule has 1 aliphatic heterocycles. The Morgan fingerprint density at radius 2 is 1.85 bits per heavy atom. The molecule has 0 radical (unpaired) electrons. The minimum Gasteiger partial charge on any atom is -0.490 e. The molecule has 2 unspecified atom stereocenters. The Kier molecular flexibility index (Phi) is 4.00. The molecular weight excluding hydrogens is 394 g/mol. The molecule has 1 aromatic carbocycles. The summed E-state index contributed by atoms with van der Waals surface area (Å²) >= 11 is 4.04. The first kappa shape index (κ1) is 16.9. The Morgan fingerprint density at radius 1 is 1.12 bits per heavy atom. The summed E-state index contributed by atoms with van der Waals surface area (Å²) in [5.41, 5.74) is 1.00. The fourth-order valence-corrected chi connectivity index (χ4v) is 7.84. The van der Waals surface area contributed by atoms with Crippen LogP contribution < -0.4 is 14.8 Å². The van der Waals surface area contributed by atoms with Crippen LogP contribution in [0.25, 0.3) is 0 Å². The van der Waals surface area contributed by atoms with Gasteiger partial charge in [-0.3, -0.25) is 4.79 Å². The zero-order chi connectivity index (χ0) is 17.8. The Hall–Kier alpha value is -1.23. The molecule has 6 rings (SSSR count). The highest BCUT2D eigenvalue weighted by Crippen LogP contribution is 2.65. The number of benzene rings is 1. The number of amides is 1. The number of carbonyl (C=O) groups excluding carboxylic acids is 1. The predicted molar refractivity (Wildman–Crippen MR) is 104 cm³/mol. The minimum absolute atomic E-state index is 0.137. The van der Waals surface area contributed by atoms with Gasteiger partial charge in [-0.25, -0.2) is 0 Å². The summed E-state index contributed by atoms with van der Waals surface area (Å²) < 4.78 is 11.7. The van der Waals surface area contributed by atoms with Crippen LogP contribution in [0.15, 0.2) is 18.2 Å². The van der Waals surface area contributed by atoms with Crippen molar-refractivity contribution in [1.29, 1.82) is 0 Å². The van der Waals surface area contributed by atoms with E-state index in [1.54, 1.807) is 0 Å². The van der Waals surface area contributed by atoms with E-state index in [1.807, 2.05) is 18.2 Å². The Balaban J connectivity index is 1.29. The fourth-order valence-electron chi connectivity index (χ4n) is 6.33. The van der Waals surface area contributed by atoms with E-state index < -0.39 is 0 Å². The molecular formula is C21H26BrNO3. The maximum absolute atomic E-state index is 12.8. The van der Waals surface area contributed by atoms with Crippen LogP contribution in [-0.4, -0.2) is 23.4 Å². The average Bonchev–Trinajstić information content (AvgIpc) is 2.76. The van der Waals surface area contributed by atoms with Gasteiger partial charge in [0.1, 0.15) is 0 Å². The zero-order valence-electron chi connectivity index (χ0n) is 15.1. The van der Waals surface area contributed by atoms with Crippen LogP contribution in [0.3, 0.4) is 0 Å². The summed E-state index contributed by atoms with van der Waals surface area (Å²) in [5, 5.41) is 3.11. The molecule has 0 spiro atoms. The largest absolute Gasteiger partial charge is 0.490 e. The van der Waals surface area contributed by atoms with Gasteiger partial charge in [-0.05, 0) is 67.9 Å². The van der Waals surface area contributed by atoms with Crippen LogP contribution >= 0.6 is 15.9 Å². The molecule has 5 heteroatoms. The van der Waals surface area contributed by atoms with Crippen LogP contribution in [0, 0.1) is 17.3 Å². The molecule has 4 aliphatic carbocycles. The molecule has 1 heterocycles. The molecule has 4 saturated carbocycles. The minimum atomic E-state index is 0.137. The maximum Gasteiger partial charge on any atom is 0.224 e. The van der Waals surface area contributed by atoms with Gasteiger partial charge in [-0.1, -0.05) is 15.9 Å². The molecule has 4 nitrogen and oxygen atoms in total. The SMILES string of the molecule is O=C(CC12CC3CC(CC(Br)(C3)C1)C2)Nc1ccc2c(c1)OCCCO2. The van der Waals surface area contributed by atoms with E-state index in [0.29, 0.717) is 24.0 Å². The number of rotatable bonds is 3. The smallest absolute Gasteiger partial charge is 0.224 e. The van der Waals surface area contributed by atoms with Crippen molar-refractivity contribution in [3.63, 3.8) is 0 Å². The van der Waals surface area contributed by atoms with Crippen molar-refractivity contribution in [2.75, 3.05) is 18.5 Å². The van der Waals surface area contributed by atoms with Crippen LogP contribution in [0.1, 0.15) is 51.4 Å². The zero-order valence-corrected chi connectivity index (χ0v) is 16.6. The van der Waals surface area contributed by atoms with Crippen molar-refractivity contribution in [3.8, 4) is 11.5 Å². The highest BCUT2D eigenvalue weighted by atomic mass is 79.9. The van der Waals surface area contributed by atoms with E-state index in [1.165, 1.54) is 32.1 Å². The summed E-state index contributed by atoms with van der Waals surface area (Å²) in [6.45, 7) is 1.33. The first-order valence-corrected chi connectivity index (χ1v) is 10.7. The standard InChI is InChI=1S/C21H26BrNO3/c22-21-10-14-6-15(11-21)9-20(8-14,13-21)12-19(24)23-16-2-3-17-18(7-16)26-5-1-4-25-17/h2-3,7,14-15H,1,4-6,8-13H2,(H,23,24). The number of hydrogen-bond acceptors (Lipinski definition) is 3. The average molecular weight is 420 g/mol.